The van der Waals surface area contributed by atoms with Crippen LogP contribution in [0.25, 0.3) is 0 Å². The molecule has 2 heterocycles. The van der Waals surface area contributed by atoms with Crippen molar-refractivity contribution in [2.45, 2.75) is 31.9 Å². The van der Waals surface area contributed by atoms with E-state index in [1.807, 2.05) is 12.1 Å². The Balaban J connectivity index is 1.63. The summed E-state index contributed by atoms with van der Waals surface area (Å²) in [5.41, 5.74) is 5.13. The van der Waals surface area contributed by atoms with Crippen molar-refractivity contribution in [2.75, 3.05) is 18.5 Å². The van der Waals surface area contributed by atoms with Crippen molar-refractivity contribution in [1.82, 2.24) is 0 Å². The van der Waals surface area contributed by atoms with Gasteiger partial charge >= 0.3 is 0 Å². The minimum Gasteiger partial charge on any atom is -0.481 e. The second-order valence-corrected chi connectivity index (χ2v) is 6.70. The fourth-order valence-electron chi connectivity index (χ4n) is 3.97. The summed E-state index contributed by atoms with van der Waals surface area (Å²) >= 11 is 0. The van der Waals surface area contributed by atoms with Crippen LogP contribution in [0.3, 0.4) is 0 Å². The fourth-order valence-corrected chi connectivity index (χ4v) is 3.97. The van der Waals surface area contributed by atoms with Gasteiger partial charge in [-0.1, -0.05) is 37.1 Å². The average Bonchev–Trinajstić information content (AvgIpc) is 3.16. The molecule has 2 aliphatic rings. The number of terminal acetylenes is 1. The van der Waals surface area contributed by atoms with Crippen LogP contribution in [0.1, 0.15) is 42.2 Å². The topological polar surface area (TPSA) is 30.5 Å². The maximum absolute atomic E-state index is 6.12. The highest BCUT2D eigenvalue weighted by Crippen LogP contribution is 2.50. The molecule has 0 bridgehead atoms. The molecule has 1 N–H and O–H groups in total. The molecule has 4 rings (SSSR count). The van der Waals surface area contributed by atoms with Crippen LogP contribution in [0.4, 0.5) is 5.69 Å². The lowest BCUT2D eigenvalue weighted by Gasteiger charge is -2.36. The average molecular weight is 333 g/mol. The lowest BCUT2D eigenvalue weighted by molar-refractivity contribution is 0.0828. The number of nitrogens with one attached hydrogen (secondary N) is 1. The third kappa shape index (κ3) is 2.99. The van der Waals surface area contributed by atoms with E-state index < -0.39 is 0 Å². The number of hydrogen-bond acceptors (Lipinski definition) is 3. The van der Waals surface area contributed by atoms with E-state index in [0.717, 1.165) is 25.2 Å². The Hall–Kier alpha value is -2.44. The number of rotatable bonds is 4. The molecule has 0 amide bonds. The number of fused-ring (bicyclic) bond motifs is 3. The van der Waals surface area contributed by atoms with Gasteiger partial charge in [0, 0.05) is 23.8 Å². The van der Waals surface area contributed by atoms with E-state index in [9.17, 15) is 0 Å². The number of ether oxygens (including phenoxy) is 2. The molecular weight excluding hydrogens is 310 g/mol. The maximum Gasteiger partial charge on any atom is 0.148 e. The molecule has 2 aliphatic heterocycles. The zero-order valence-corrected chi connectivity index (χ0v) is 14.5. The van der Waals surface area contributed by atoms with Crippen molar-refractivity contribution in [2.24, 2.45) is 5.92 Å². The maximum atomic E-state index is 6.12. The van der Waals surface area contributed by atoms with Gasteiger partial charge in [0.25, 0.3) is 0 Å². The van der Waals surface area contributed by atoms with E-state index in [0.29, 0.717) is 12.5 Å². The van der Waals surface area contributed by atoms with Crippen molar-refractivity contribution in [3.05, 3.63) is 59.2 Å². The molecule has 1 saturated heterocycles. The number of aryl methyl sites for hydroxylation is 1. The van der Waals surface area contributed by atoms with Gasteiger partial charge in [0.15, 0.2) is 0 Å². The van der Waals surface area contributed by atoms with Crippen molar-refractivity contribution in [3.8, 4) is 18.1 Å². The molecule has 2 aromatic carbocycles. The first-order valence-corrected chi connectivity index (χ1v) is 8.97. The molecule has 3 atom stereocenters. The first-order chi connectivity index (χ1) is 12.3. The van der Waals surface area contributed by atoms with Crippen LogP contribution in [0, 0.1) is 18.3 Å². The molecule has 0 aliphatic carbocycles. The summed E-state index contributed by atoms with van der Waals surface area (Å²) in [6, 6.07) is 15.2. The van der Waals surface area contributed by atoms with Crippen LogP contribution < -0.4 is 10.1 Å². The zero-order chi connectivity index (χ0) is 17.2. The van der Waals surface area contributed by atoms with Gasteiger partial charge in [0.1, 0.15) is 12.4 Å². The Kier molecular flexibility index (Phi) is 4.38. The van der Waals surface area contributed by atoms with Gasteiger partial charge in [0.2, 0.25) is 0 Å². The molecule has 0 aromatic heterocycles. The number of hydrogen-bond donors (Lipinski definition) is 1. The monoisotopic (exact) mass is 333 g/mol. The molecule has 3 heteroatoms. The summed E-state index contributed by atoms with van der Waals surface area (Å²) in [4.78, 5) is 0. The van der Waals surface area contributed by atoms with E-state index in [1.165, 1.54) is 22.4 Å². The van der Waals surface area contributed by atoms with Crippen LogP contribution in [0.5, 0.6) is 5.75 Å². The van der Waals surface area contributed by atoms with E-state index in [1.54, 1.807) is 0 Å². The smallest absolute Gasteiger partial charge is 0.148 e. The molecule has 25 heavy (non-hydrogen) atoms. The molecule has 0 radical (unpaired) electrons. The van der Waals surface area contributed by atoms with E-state index in [4.69, 9.17) is 15.9 Å². The zero-order valence-electron chi connectivity index (χ0n) is 14.5. The fraction of sp³-hybridized carbons (Fsp3) is 0.364. The summed E-state index contributed by atoms with van der Waals surface area (Å²) in [5, 5.41) is 3.75. The first kappa shape index (κ1) is 16.1. The van der Waals surface area contributed by atoms with Crippen molar-refractivity contribution in [3.63, 3.8) is 0 Å². The molecule has 0 spiro atoms. The summed E-state index contributed by atoms with van der Waals surface area (Å²) in [7, 11) is 0. The largest absolute Gasteiger partial charge is 0.481 e. The summed E-state index contributed by atoms with van der Waals surface area (Å²) in [5.74, 6) is 3.76. The Morgan fingerprint density at radius 3 is 2.84 bits per heavy atom. The predicted molar refractivity (Wildman–Crippen MR) is 99.8 cm³/mol. The molecule has 2 aromatic rings. The van der Waals surface area contributed by atoms with Gasteiger partial charge in [-0.3, -0.25) is 0 Å². The van der Waals surface area contributed by atoms with Gasteiger partial charge < -0.3 is 14.8 Å². The summed E-state index contributed by atoms with van der Waals surface area (Å²) in [6.45, 7) is 3.32. The van der Waals surface area contributed by atoms with E-state index >= 15 is 0 Å². The Morgan fingerprint density at radius 1 is 1.24 bits per heavy atom. The second kappa shape index (κ2) is 6.82. The minimum atomic E-state index is 0.185. The van der Waals surface area contributed by atoms with Crippen LogP contribution in [-0.2, 0) is 11.2 Å². The normalized spacial score (nSPS) is 23.9. The Labute approximate surface area is 149 Å². The molecule has 1 fully saturated rings. The van der Waals surface area contributed by atoms with Crippen LogP contribution in [0.15, 0.2) is 42.5 Å². The number of anilines is 1. The number of benzene rings is 2. The molecule has 0 saturated carbocycles. The second-order valence-electron chi connectivity index (χ2n) is 6.70. The quantitative estimate of drug-likeness (QED) is 0.835. The van der Waals surface area contributed by atoms with Crippen LogP contribution >= 0.6 is 0 Å². The summed E-state index contributed by atoms with van der Waals surface area (Å²) in [6.07, 6.45) is 7.56. The van der Waals surface area contributed by atoms with Crippen molar-refractivity contribution >= 4 is 5.69 Å². The van der Waals surface area contributed by atoms with Gasteiger partial charge in [-0.2, -0.15) is 0 Å². The summed E-state index contributed by atoms with van der Waals surface area (Å²) < 4.78 is 11.6. The molecule has 3 nitrogen and oxygen atoms in total. The third-order valence-electron chi connectivity index (χ3n) is 5.27. The molecule has 128 valence electrons. The molecule has 1 unspecified atom stereocenters. The first-order valence-electron chi connectivity index (χ1n) is 8.97. The Bertz CT molecular complexity index is 791. The van der Waals surface area contributed by atoms with Crippen LogP contribution in [-0.4, -0.2) is 13.2 Å². The molecular formula is C22H23NO2. The highest BCUT2D eigenvalue weighted by Gasteiger charge is 2.41. The van der Waals surface area contributed by atoms with E-state index in [2.05, 4.69) is 48.5 Å². The van der Waals surface area contributed by atoms with Gasteiger partial charge in [-0.15, -0.1) is 6.42 Å². The van der Waals surface area contributed by atoms with Gasteiger partial charge in [0.05, 0.1) is 12.1 Å². The SMILES string of the molecule is C#CCOc1ccc(C2Nc3ccc(CC)cc3[C@H]3OCC[C@@H]23)cc1. The van der Waals surface area contributed by atoms with Crippen LogP contribution in [0.2, 0.25) is 0 Å². The third-order valence-corrected chi connectivity index (χ3v) is 5.27. The minimum absolute atomic E-state index is 0.185. The Morgan fingerprint density at radius 2 is 2.08 bits per heavy atom. The van der Waals surface area contributed by atoms with Crippen molar-refractivity contribution < 1.29 is 9.47 Å². The highest BCUT2D eigenvalue weighted by molar-refractivity contribution is 5.58. The van der Waals surface area contributed by atoms with Gasteiger partial charge in [-0.05, 0) is 42.2 Å². The van der Waals surface area contributed by atoms with Crippen molar-refractivity contribution in [1.29, 1.82) is 0 Å². The van der Waals surface area contributed by atoms with E-state index in [-0.39, 0.29) is 12.1 Å². The predicted octanol–water partition coefficient (Wildman–Crippen LogP) is 4.51. The lowest BCUT2D eigenvalue weighted by Crippen LogP contribution is -2.29. The highest BCUT2D eigenvalue weighted by atomic mass is 16.5. The lowest BCUT2D eigenvalue weighted by atomic mass is 9.80. The van der Waals surface area contributed by atoms with Gasteiger partial charge in [-0.25, -0.2) is 0 Å². The standard InChI is InChI=1S/C22H23NO2/c1-3-12-24-17-8-6-16(7-9-17)21-18-11-13-25-22(18)19-14-15(4-2)5-10-20(19)23-21/h1,5-10,14,18,21-23H,4,11-13H2,2H3/t18-,21?,22-/m0/s1.